The molecule has 8 nitrogen and oxygen atoms in total. The Balaban J connectivity index is 1.80. The molecule has 0 aliphatic carbocycles. The van der Waals surface area contributed by atoms with Gasteiger partial charge in [-0.05, 0) is 26.8 Å². The second kappa shape index (κ2) is 8.26. The minimum atomic E-state index is -0.301. The quantitative estimate of drug-likeness (QED) is 0.803. The van der Waals surface area contributed by atoms with Crippen molar-refractivity contribution in [3.05, 3.63) is 11.7 Å². The average Bonchev–Trinajstić information content (AvgIpc) is 3.04. The number of likely N-dealkylation sites (N-methyl/N-ethyl adjacent to an activating group) is 1. The summed E-state index contributed by atoms with van der Waals surface area (Å²) < 4.78 is 5.16. The zero-order valence-electron chi connectivity index (χ0n) is 14.2. The highest BCUT2D eigenvalue weighted by Gasteiger charge is 2.26. The molecule has 2 rings (SSSR count). The number of nitrogens with one attached hydrogen (secondary N) is 1. The van der Waals surface area contributed by atoms with Gasteiger partial charge in [0.2, 0.25) is 5.89 Å². The first-order valence-corrected chi connectivity index (χ1v) is 8.24. The molecule has 2 amide bonds. The second-order valence-corrected chi connectivity index (χ2v) is 6.00. The van der Waals surface area contributed by atoms with Crippen LogP contribution in [0.5, 0.6) is 0 Å². The van der Waals surface area contributed by atoms with Gasteiger partial charge in [-0.3, -0.25) is 0 Å². The maximum absolute atomic E-state index is 12.3. The number of likely N-dealkylation sites (tertiary alicyclic amines) is 1. The Hall–Kier alpha value is -1.67. The van der Waals surface area contributed by atoms with Gasteiger partial charge >= 0.3 is 6.03 Å². The van der Waals surface area contributed by atoms with Gasteiger partial charge in [0.1, 0.15) is 6.04 Å². The number of aliphatic hydroxyl groups is 1. The lowest BCUT2D eigenvalue weighted by molar-refractivity contribution is 0.117. The van der Waals surface area contributed by atoms with E-state index in [4.69, 9.17) is 9.63 Å². The van der Waals surface area contributed by atoms with Crippen molar-refractivity contribution in [2.24, 2.45) is 0 Å². The maximum Gasteiger partial charge on any atom is 0.318 e. The van der Waals surface area contributed by atoms with E-state index in [9.17, 15) is 4.79 Å². The largest absolute Gasteiger partial charge is 0.395 e. The van der Waals surface area contributed by atoms with Gasteiger partial charge in [0.25, 0.3) is 0 Å². The van der Waals surface area contributed by atoms with E-state index in [0.29, 0.717) is 43.8 Å². The Kier molecular flexibility index (Phi) is 6.35. The summed E-state index contributed by atoms with van der Waals surface area (Å²) in [6.45, 7) is 6.05. The van der Waals surface area contributed by atoms with Crippen molar-refractivity contribution in [3.8, 4) is 0 Å². The molecule has 23 heavy (non-hydrogen) atoms. The third-order valence-corrected chi connectivity index (χ3v) is 4.34. The lowest BCUT2D eigenvalue weighted by atomic mass is 10.0. The summed E-state index contributed by atoms with van der Waals surface area (Å²) in [6.07, 6.45) is 2.54. The molecule has 2 heterocycles. The van der Waals surface area contributed by atoms with Gasteiger partial charge in [0.15, 0.2) is 5.82 Å². The Bertz CT molecular complexity index is 499. The van der Waals surface area contributed by atoms with Gasteiger partial charge < -0.3 is 24.7 Å². The van der Waals surface area contributed by atoms with Gasteiger partial charge in [-0.15, -0.1) is 0 Å². The van der Waals surface area contributed by atoms with Gasteiger partial charge in [-0.1, -0.05) is 12.1 Å². The van der Waals surface area contributed by atoms with Crippen molar-refractivity contribution in [2.45, 2.75) is 45.2 Å². The van der Waals surface area contributed by atoms with Crippen LogP contribution in [0.4, 0.5) is 4.79 Å². The molecule has 1 aliphatic heterocycles. The van der Waals surface area contributed by atoms with Crippen molar-refractivity contribution < 1.29 is 14.4 Å². The fourth-order valence-corrected chi connectivity index (χ4v) is 2.78. The standard InChI is InChI=1S/C15H27N5O3/c1-4-13-17-14(23-18-13)11(2)16-15(22)20-7-5-12(6-8-20)19(3)9-10-21/h11-12,21H,4-10H2,1-3H3,(H,16,22). The molecule has 1 aromatic heterocycles. The molecule has 1 saturated heterocycles. The fraction of sp³-hybridized carbons (Fsp3) is 0.800. The molecule has 130 valence electrons. The molecule has 1 aliphatic rings. The van der Waals surface area contributed by atoms with Crippen LogP contribution < -0.4 is 5.32 Å². The van der Waals surface area contributed by atoms with Crippen LogP contribution in [0, 0.1) is 0 Å². The van der Waals surface area contributed by atoms with E-state index >= 15 is 0 Å². The SMILES string of the molecule is CCc1noc(C(C)NC(=O)N2CCC(N(C)CCO)CC2)n1. The number of aryl methyl sites for hydroxylation is 1. The summed E-state index contributed by atoms with van der Waals surface area (Å²) in [5.74, 6) is 1.08. The number of urea groups is 1. The van der Waals surface area contributed by atoms with Crippen molar-refractivity contribution in [2.75, 3.05) is 33.3 Å². The van der Waals surface area contributed by atoms with E-state index in [-0.39, 0.29) is 18.7 Å². The number of amides is 2. The van der Waals surface area contributed by atoms with Crippen LogP contribution in [0.15, 0.2) is 4.52 Å². The number of piperidine rings is 1. The van der Waals surface area contributed by atoms with Crippen LogP contribution in [-0.4, -0.2) is 70.4 Å². The number of hydrogen-bond donors (Lipinski definition) is 2. The minimum Gasteiger partial charge on any atom is -0.395 e. The average molecular weight is 325 g/mol. The van der Waals surface area contributed by atoms with Crippen LogP contribution in [0.2, 0.25) is 0 Å². The summed E-state index contributed by atoms with van der Waals surface area (Å²) in [4.78, 5) is 20.5. The monoisotopic (exact) mass is 325 g/mol. The molecule has 8 heteroatoms. The molecular formula is C15H27N5O3. The Labute approximate surface area is 136 Å². The third kappa shape index (κ3) is 4.65. The highest BCUT2D eigenvalue weighted by Crippen LogP contribution is 2.16. The van der Waals surface area contributed by atoms with E-state index in [0.717, 1.165) is 12.8 Å². The van der Waals surface area contributed by atoms with E-state index in [1.807, 2.05) is 25.8 Å². The molecule has 0 bridgehead atoms. The van der Waals surface area contributed by atoms with Crippen LogP contribution in [0.1, 0.15) is 44.4 Å². The summed E-state index contributed by atoms with van der Waals surface area (Å²) >= 11 is 0. The predicted octanol–water partition coefficient (Wildman–Crippen LogP) is 0.791. The maximum atomic E-state index is 12.3. The van der Waals surface area contributed by atoms with Crippen molar-refractivity contribution in [3.63, 3.8) is 0 Å². The van der Waals surface area contributed by atoms with Crippen LogP contribution in [0.3, 0.4) is 0 Å². The molecule has 0 radical (unpaired) electrons. The Morgan fingerprint density at radius 1 is 1.52 bits per heavy atom. The van der Waals surface area contributed by atoms with Crippen LogP contribution in [-0.2, 0) is 6.42 Å². The molecule has 1 fully saturated rings. The molecule has 1 unspecified atom stereocenters. The van der Waals surface area contributed by atoms with E-state index < -0.39 is 0 Å². The highest BCUT2D eigenvalue weighted by molar-refractivity contribution is 5.74. The zero-order chi connectivity index (χ0) is 16.8. The highest BCUT2D eigenvalue weighted by atomic mass is 16.5. The molecule has 1 aromatic rings. The molecule has 1 atom stereocenters. The molecule has 2 N–H and O–H groups in total. The van der Waals surface area contributed by atoms with Gasteiger partial charge in [-0.2, -0.15) is 4.98 Å². The van der Waals surface area contributed by atoms with Crippen molar-refractivity contribution in [1.29, 1.82) is 0 Å². The first-order chi connectivity index (χ1) is 11.0. The van der Waals surface area contributed by atoms with Crippen molar-refractivity contribution >= 4 is 6.03 Å². The zero-order valence-corrected chi connectivity index (χ0v) is 14.2. The topological polar surface area (TPSA) is 94.7 Å². The van der Waals surface area contributed by atoms with Crippen LogP contribution >= 0.6 is 0 Å². The molecule has 0 aromatic carbocycles. The summed E-state index contributed by atoms with van der Waals surface area (Å²) in [6, 6.07) is 0.0220. The second-order valence-electron chi connectivity index (χ2n) is 6.00. The van der Waals surface area contributed by atoms with Crippen LogP contribution in [0.25, 0.3) is 0 Å². The lowest BCUT2D eigenvalue weighted by Crippen LogP contribution is -2.49. The number of rotatable bonds is 6. The smallest absolute Gasteiger partial charge is 0.318 e. The fourth-order valence-electron chi connectivity index (χ4n) is 2.78. The Morgan fingerprint density at radius 2 is 2.22 bits per heavy atom. The van der Waals surface area contributed by atoms with E-state index in [1.165, 1.54) is 0 Å². The van der Waals surface area contributed by atoms with E-state index in [1.54, 1.807) is 0 Å². The summed E-state index contributed by atoms with van der Waals surface area (Å²) in [5, 5.41) is 15.8. The molecule has 0 saturated carbocycles. The number of carbonyl (C=O) groups is 1. The molecule has 0 spiro atoms. The van der Waals surface area contributed by atoms with Gasteiger partial charge in [-0.25, -0.2) is 4.79 Å². The summed E-state index contributed by atoms with van der Waals surface area (Å²) in [7, 11) is 2.01. The number of hydrogen-bond acceptors (Lipinski definition) is 6. The summed E-state index contributed by atoms with van der Waals surface area (Å²) in [5.41, 5.74) is 0. The van der Waals surface area contributed by atoms with E-state index in [2.05, 4.69) is 20.4 Å². The predicted molar refractivity (Wildman–Crippen MR) is 84.9 cm³/mol. The Morgan fingerprint density at radius 3 is 2.78 bits per heavy atom. The van der Waals surface area contributed by atoms with Crippen molar-refractivity contribution in [1.82, 2.24) is 25.3 Å². The van der Waals surface area contributed by atoms with Gasteiger partial charge in [0, 0.05) is 32.1 Å². The molecular weight excluding hydrogens is 298 g/mol. The third-order valence-electron chi connectivity index (χ3n) is 4.34. The number of nitrogens with zero attached hydrogens (tertiary/aromatic N) is 4. The minimum absolute atomic E-state index is 0.1000. The lowest BCUT2D eigenvalue weighted by Gasteiger charge is -2.36. The van der Waals surface area contributed by atoms with Gasteiger partial charge in [0.05, 0.1) is 6.61 Å². The number of aromatic nitrogens is 2. The first-order valence-electron chi connectivity index (χ1n) is 8.24. The number of carbonyl (C=O) groups excluding carboxylic acids is 1. The normalized spacial score (nSPS) is 17.5. The first kappa shape index (κ1) is 17.7. The number of aliphatic hydroxyl groups excluding tert-OH is 1.